The average molecular weight is 418 g/mol. The van der Waals surface area contributed by atoms with Crippen LogP contribution in [-0.4, -0.2) is 49.7 Å². The predicted octanol–water partition coefficient (Wildman–Crippen LogP) is 3.39. The van der Waals surface area contributed by atoms with E-state index in [-0.39, 0.29) is 16.7 Å². The van der Waals surface area contributed by atoms with Gasteiger partial charge in [0.05, 0.1) is 16.5 Å². The third-order valence-electron chi connectivity index (χ3n) is 6.33. The van der Waals surface area contributed by atoms with E-state index in [2.05, 4.69) is 6.92 Å². The Morgan fingerprint density at radius 3 is 2.24 bits per heavy atom. The quantitative estimate of drug-likeness (QED) is 0.710. The van der Waals surface area contributed by atoms with Crippen LogP contribution < -0.4 is 0 Å². The van der Waals surface area contributed by atoms with Crippen molar-refractivity contribution in [2.75, 3.05) is 26.2 Å². The standard InChI is InChI=1S/C22H31N3O3S/c1-2-3-4-18-5-9-20(10-6-18)22(26)24-13-15-25(16-14-24)29(27,28)21-11-7-19(17-23)8-12-21/h7-8,11-12,18,20H,2-6,9-10,13-16H2,1H3. The Morgan fingerprint density at radius 2 is 1.69 bits per heavy atom. The Labute approximate surface area is 174 Å². The fourth-order valence-corrected chi connectivity index (χ4v) is 5.87. The van der Waals surface area contributed by atoms with Crippen LogP contribution in [0.5, 0.6) is 0 Å². The molecule has 0 bridgehead atoms. The maximum Gasteiger partial charge on any atom is 0.243 e. The van der Waals surface area contributed by atoms with Crippen LogP contribution in [0.25, 0.3) is 0 Å². The Kier molecular flexibility index (Phi) is 7.31. The highest BCUT2D eigenvalue weighted by molar-refractivity contribution is 7.89. The molecule has 158 valence electrons. The predicted molar refractivity (Wildman–Crippen MR) is 111 cm³/mol. The first-order valence-electron chi connectivity index (χ1n) is 10.7. The van der Waals surface area contributed by atoms with Crippen LogP contribution in [0.15, 0.2) is 29.2 Å². The molecule has 3 rings (SSSR count). The Bertz CT molecular complexity index is 829. The lowest BCUT2D eigenvalue weighted by Gasteiger charge is -2.37. The molecule has 7 heteroatoms. The summed E-state index contributed by atoms with van der Waals surface area (Å²) in [6.45, 7) is 3.75. The number of nitriles is 1. The molecular formula is C22H31N3O3S. The molecule has 0 unspecified atom stereocenters. The van der Waals surface area contributed by atoms with Crippen molar-refractivity contribution in [3.8, 4) is 6.07 Å². The number of carbonyl (C=O) groups is 1. The van der Waals surface area contributed by atoms with Gasteiger partial charge in [0.25, 0.3) is 0 Å². The number of hydrogen-bond acceptors (Lipinski definition) is 4. The van der Waals surface area contributed by atoms with Crippen LogP contribution in [0, 0.1) is 23.2 Å². The molecule has 0 radical (unpaired) electrons. The van der Waals surface area contributed by atoms with Crippen molar-refractivity contribution in [3.63, 3.8) is 0 Å². The van der Waals surface area contributed by atoms with E-state index in [9.17, 15) is 13.2 Å². The van der Waals surface area contributed by atoms with Gasteiger partial charge in [-0.3, -0.25) is 4.79 Å². The van der Waals surface area contributed by atoms with Gasteiger partial charge in [0.1, 0.15) is 0 Å². The van der Waals surface area contributed by atoms with Crippen LogP contribution in [0.3, 0.4) is 0 Å². The Hall–Kier alpha value is -1.91. The zero-order valence-corrected chi connectivity index (χ0v) is 18.0. The SMILES string of the molecule is CCCCC1CCC(C(=O)N2CCN(S(=O)(=O)c3ccc(C#N)cc3)CC2)CC1. The monoisotopic (exact) mass is 417 g/mol. The van der Waals surface area contributed by atoms with Crippen molar-refractivity contribution in [1.29, 1.82) is 5.26 Å². The fraction of sp³-hybridized carbons (Fsp3) is 0.636. The summed E-state index contributed by atoms with van der Waals surface area (Å²) in [6.07, 6.45) is 8.01. The van der Waals surface area contributed by atoms with Crippen LogP contribution in [0.2, 0.25) is 0 Å². The second-order valence-corrected chi connectivity index (χ2v) is 10.2. The van der Waals surface area contributed by atoms with E-state index in [1.807, 2.05) is 11.0 Å². The maximum absolute atomic E-state index is 12.9. The Balaban J connectivity index is 1.52. The van der Waals surface area contributed by atoms with Gasteiger partial charge in [0, 0.05) is 32.1 Å². The second kappa shape index (κ2) is 9.73. The van der Waals surface area contributed by atoms with Crippen molar-refractivity contribution in [2.45, 2.75) is 56.8 Å². The Morgan fingerprint density at radius 1 is 1.07 bits per heavy atom. The summed E-state index contributed by atoms with van der Waals surface area (Å²) >= 11 is 0. The highest BCUT2D eigenvalue weighted by Crippen LogP contribution is 2.33. The van der Waals surface area contributed by atoms with Gasteiger partial charge in [0.15, 0.2) is 0 Å². The molecule has 0 aromatic heterocycles. The largest absolute Gasteiger partial charge is 0.340 e. The zero-order valence-electron chi connectivity index (χ0n) is 17.2. The van der Waals surface area contributed by atoms with Gasteiger partial charge in [-0.2, -0.15) is 9.57 Å². The molecule has 1 amide bonds. The summed E-state index contributed by atoms with van der Waals surface area (Å²) in [5, 5.41) is 8.87. The van der Waals surface area contributed by atoms with E-state index >= 15 is 0 Å². The molecule has 1 saturated heterocycles. The highest BCUT2D eigenvalue weighted by atomic mass is 32.2. The van der Waals surface area contributed by atoms with Crippen LogP contribution in [0.1, 0.15) is 57.4 Å². The molecule has 1 saturated carbocycles. The van der Waals surface area contributed by atoms with E-state index < -0.39 is 10.0 Å². The number of carbonyl (C=O) groups excluding carboxylic acids is 1. The van der Waals surface area contributed by atoms with E-state index in [0.717, 1.165) is 31.6 Å². The third kappa shape index (κ3) is 5.18. The van der Waals surface area contributed by atoms with E-state index in [1.54, 1.807) is 0 Å². The van der Waals surface area contributed by atoms with Gasteiger partial charge in [-0.1, -0.05) is 26.2 Å². The average Bonchev–Trinajstić information content (AvgIpc) is 2.77. The molecule has 29 heavy (non-hydrogen) atoms. The van der Waals surface area contributed by atoms with Gasteiger partial charge in [-0.25, -0.2) is 8.42 Å². The molecule has 2 fully saturated rings. The van der Waals surface area contributed by atoms with Crippen LogP contribution in [0.4, 0.5) is 0 Å². The van der Waals surface area contributed by atoms with Gasteiger partial charge in [-0.15, -0.1) is 0 Å². The molecule has 1 aromatic carbocycles. The summed E-state index contributed by atoms with van der Waals surface area (Å²) in [5.41, 5.74) is 0.434. The first-order chi connectivity index (χ1) is 14.0. The molecule has 0 spiro atoms. The summed E-state index contributed by atoms with van der Waals surface area (Å²) in [5.74, 6) is 1.08. The number of nitrogens with zero attached hydrogens (tertiary/aromatic N) is 3. The van der Waals surface area contributed by atoms with E-state index in [0.29, 0.717) is 31.7 Å². The molecule has 1 aromatic rings. The summed E-state index contributed by atoms with van der Waals surface area (Å²) in [7, 11) is -3.59. The number of unbranched alkanes of at least 4 members (excludes halogenated alkanes) is 1. The normalized spacial score (nSPS) is 23.5. The van der Waals surface area contributed by atoms with Crippen molar-refractivity contribution in [1.82, 2.24) is 9.21 Å². The lowest BCUT2D eigenvalue weighted by Crippen LogP contribution is -2.52. The summed E-state index contributed by atoms with van der Waals surface area (Å²) < 4.78 is 27.1. The molecule has 0 atom stereocenters. The van der Waals surface area contributed by atoms with Gasteiger partial charge < -0.3 is 4.90 Å². The summed E-state index contributed by atoms with van der Waals surface area (Å²) in [6, 6.07) is 7.98. The number of rotatable bonds is 6. The van der Waals surface area contributed by atoms with Crippen molar-refractivity contribution < 1.29 is 13.2 Å². The molecule has 6 nitrogen and oxygen atoms in total. The van der Waals surface area contributed by atoms with E-state index in [1.165, 1.54) is 47.8 Å². The minimum atomic E-state index is -3.59. The first kappa shape index (κ1) is 21.8. The van der Waals surface area contributed by atoms with Crippen molar-refractivity contribution in [3.05, 3.63) is 29.8 Å². The van der Waals surface area contributed by atoms with Gasteiger partial charge in [-0.05, 0) is 55.9 Å². The molecule has 1 aliphatic heterocycles. The van der Waals surface area contributed by atoms with Crippen LogP contribution in [-0.2, 0) is 14.8 Å². The number of piperazine rings is 1. The number of sulfonamides is 1. The second-order valence-electron chi connectivity index (χ2n) is 8.23. The smallest absolute Gasteiger partial charge is 0.243 e. The maximum atomic E-state index is 12.9. The minimum absolute atomic E-state index is 0.106. The van der Waals surface area contributed by atoms with Gasteiger partial charge >= 0.3 is 0 Å². The molecule has 1 aliphatic carbocycles. The third-order valence-corrected chi connectivity index (χ3v) is 8.25. The number of hydrogen-bond donors (Lipinski definition) is 0. The molecule has 0 N–H and O–H groups in total. The van der Waals surface area contributed by atoms with Crippen molar-refractivity contribution >= 4 is 15.9 Å². The fourth-order valence-electron chi connectivity index (χ4n) is 4.45. The van der Waals surface area contributed by atoms with Crippen molar-refractivity contribution in [2.24, 2.45) is 11.8 Å². The highest BCUT2D eigenvalue weighted by Gasteiger charge is 2.34. The van der Waals surface area contributed by atoms with Crippen LogP contribution >= 0.6 is 0 Å². The molecule has 2 aliphatic rings. The topological polar surface area (TPSA) is 81.5 Å². The number of benzene rings is 1. The summed E-state index contributed by atoms with van der Waals surface area (Å²) in [4.78, 5) is 14.9. The molecule has 1 heterocycles. The number of amides is 1. The lowest BCUT2D eigenvalue weighted by atomic mass is 9.79. The first-order valence-corrected chi connectivity index (χ1v) is 12.2. The lowest BCUT2D eigenvalue weighted by molar-refractivity contribution is -0.138. The zero-order chi connectivity index (χ0) is 20.9. The minimum Gasteiger partial charge on any atom is -0.340 e. The van der Waals surface area contributed by atoms with E-state index in [4.69, 9.17) is 5.26 Å². The van der Waals surface area contributed by atoms with Gasteiger partial charge in [0.2, 0.25) is 15.9 Å². The molecular weight excluding hydrogens is 386 g/mol.